The molecule has 1 aliphatic rings. The fourth-order valence-electron chi connectivity index (χ4n) is 2.48. The van der Waals surface area contributed by atoms with Crippen LogP contribution < -0.4 is 4.72 Å². The first kappa shape index (κ1) is 20.2. The van der Waals surface area contributed by atoms with Gasteiger partial charge in [0.25, 0.3) is 15.9 Å². The van der Waals surface area contributed by atoms with Gasteiger partial charge >= 0.3 is 0 Å². The third kappa shape index (κ3) is 3.84. The summed E-state index contributed by atoms with van der Waals surface area (Å²) in [4.78, 5) is 20.1. The second-order valence-corrected chi connectivity index (χ2v) is 7.99. The highest BCUT2D eigenvalue weighted by Gasteiger charge is 2.28. The van der Waals surface area contributed by atoms with Crippen molar-refractivity contribution in [1.82, 2.24) is 9.71 Å². The van der Waals surface area contributed by atoms with E-state index in [0.717, 1.165) is 0 Å². The number of allylic oxidation sites excluding steroid dienone is 3. The quantitative estimate of drug-likeness (QED) is 0.786. The lowest BCUT2D eigenvalue weighted by atomic mass is 10.1. The number of aliphatic imine (C=N–C) groups is 1. The molecule has 2 aromatic rings. The number of aromatic nitrogens is 1. The number of sulfonamides is 1. The molecular weight excluding hydrogens is 428 g/mol. The van der Waals surface area contributed by atoms with Crippen molar-refractivity contribution in [3.05, 3.63) is 81.5 Å². The number of carbonyl (C=O) groups is 1. The summed E-state index contributed by atoms with van der Waals surface area (Å²) < 4.78 is 41.0. The minimum Gasteiger partial charge on any atom is -0.266 e. The van der Waals surface area contributed by atoms with Gasteiger partial charge in [-0.1, -0.05) is 35.3 Å². The van der Waals surface area contributed by atoms with E-state index in [1.807, 2.05) is 4.72 Å². The predicted molar refractivity (Wildman–Crippen MR) is 104 cm³/mol. The Morgan fingerprint density at radius 1 is 1.18 bits per heavy atom. The number of carbonyl (C=O) groups excluding carboxylic acids is 1. The van der Waals surface area contributed by atoms with Gasteiger partial charge in [-0.05, 0) is 37.3 Å². The van der Waals surface area contributed by atoms with Gasteiger partial charge in [-0.15, -0.1) is 0 Å². The zero-order valence-corrected chi connectivity index (χ0v) is 16.6. The van der Waals surface area contributed by atoms with E-state index in [9.17, 15) is 17.6 Å². The number of nitrogens with zero attached hydrogens (tertiary/aromatic N) is 2. The predicted octanol–water partition coefficient (Wildman–Crippen LogP) is 3.67. The molecule has 28 heavy (non-hydrogen) atoms. The smallest absolute Gasteiger partial charge is 0.266 e. The van der Waals surface area contributed by atoms with E-state index in [1.165, 1.54) is 42.6 Å². The molecule has 2 heterocycles. The van der Waals surface area contributed by atoms with Crippen LogP contribution in [0, 0.1) is 5.82 Å². The van der Waals surface area contributed by atoms with E-state index in [0.29, 0.717) is 5.57 Å². The summed E-state index contributed by atoms with van der Waals surface area (Å²) >= 11 is 11.8. The molecule has 0 spiro atoms. The van der Waals surface area contributed by atoms with Crippen LogP contribution in [0.2, 0.25) is 10.0 Å². The highest BCUT2D eigenvalue weighted by molar-refractivity contribution is 7.90. The van der Waals surface area contributed by atoms with Crippen LogP contribution in [0.5, 0.6) is 0 Å². The van der Waals surface area contributed by atoms with Crippen molar-refractivity contribution in [3.8, 4) is 0 Å². The minimum atomic E-state index is -4.36. The largest absolute Gasteiger partial charge is 0.283 e. The van der Waals surface area contributed by atoms with Crippen molar-refractivity contribution in [2.75, 3.05) is 0 Å². The van der Waals surface area contributed by atoms with E-state index < -0.39 is 26.6 Å². The van der Waals surface area contributed by atoms with Gasteiger partial charge in [-0.3, -0.25) is 9.78 Å². The Morgan fingerprint density at radius 3 is 2.46 bits per heavy atom. The number of nitrogens with one attached hydrogen (secondary N) is 1. The third-order valence-electron chi connectivity index (χ3n) is 3.74. The number of hydrogen-bond donors (Lipinski definition) is 1. The van der Waals surface area contributed by atoms with Crippen LogP contribution in [0.25, 0.3) is 0 Å². The molecule has 0 aliphatic carbocycles. The van der Waals surface area contributed by atoms with Gasteiger partial charge < -0.3 is 0 Å². The van der Waals surface area contributed by atoms with Crippen LogP contribution in [0.4, 0.5) is 4.39 Å². The lowest BCUT2D eigenvalue weighted by molar-refractivity contribution is -0.115. The van der Waals surface area contributed by atoms with Crippen molar-refractivity contribution < 1.29 is 17.6 Å². The Kier molecular flexibility index (Phi) is 5.64. The number of pyridine rings is 1. The summed E-state index contributed by atoms with van der Waals surface area (Å²) in [5, 5.41) is -0.274. The lowest BCUT2D eigenvalue weighted by Crippen LogP contribution is -2.31. The Bertz CT molecular complexity index is 1150. The van der Waals surface area contributed by atoms with E-state index in [4.69, 9.17) is 23.2 Å². The van der Waals surface area contributed by atoms with Crippen molar-refractivity contribution in [3.63, 3.8) is 0 Å². The van der Waals surface area contributed by atoms with Crippen LogP contribution in [-0.2, 0) is 14.8 Å². The molecule has 0 fully saturated rings. The minimum absolute atomic E-state index is 0.0494. The molecule has 0 bridgehead atoms. The molecule has 1 aromatic carbocycles. The molecule has 1 aliphatic heterocycles. The monoisotopic (exact) mass is 439 g/mol. The third-order valence-corrected chi connectivity index (χ3v) is 6.02. The molecule has 1 N–H and O–H groups in total. The zero-order chi connectivity index (χ0) is 20.5. The Balaban J connectivity index is 1.94. The number of hydrogen-bond acceptors (Lipinski definition) is 5. The van der Waals surface area contributed by atoms with Crippen molar-refractivity contribution >= 4 is 44.8 Å². The fourth-order valence-corrected chi connectivity index (χ4v) is 4.59. The second-order valence-electron chi connectivity index (χ2n) is 5.55. The number of halogens is 3. The summed E-state index contributed by atoms with van der Waals surface area (Å²) in [6.45, 7) is 1.67. The maximum Gasteiger partial charge on any atom is 0.283 e. The lowest BCUT2D eigenvalue weighted by Gasteiger charge is -2.09. The van der Waals surface area contributed by atoms with Gasteiger partial charge in [0, 0.05) is 11.8 Å². The van der Waals surface area contributed by atoms with Crippen LogP contribution in [0.15, 0.2) is 69.8 Å². The molecule has 0 atom stereocenters. The van der Waals surface area contributed by atoms with Gasteiger partial charge in [0.2, 0.25) is 0 Å². The van der Waals surface area contributed by atoms with E-state index in [-0.39, 0.29) is 27.1 Å². The van der Waals surface area contributed by atoms with Crippen LogP contribution >= 0.6 is 23.2 Å². The normalized spacial score (nSPS) is 15.4. The van der Waals surface area contributed by atoms with Crippen LogP contribution in [-0.4, -0.2) is 25.0 Å². The molecule has 144 valence electrons. The maximum absolute atomic E-state index is 14.0. The van der Waals surface area contributed by atoms with E-state index >= 15 is 0 Å². The number of rotatable bonds is 4. The van der Waals surface area contributed by atoms with Crippen LogP contribution in [0.1, 0.15) is 12.6 Å². The molecule has 10 heteroatoms. The molecule has 1 amide bonds. The number of amides is 1. The Hall–Kier alpha value is -2.55. The van der Waals surface area contributed by atoms with Crippen molar-refractivity contribution in [1.29, 1.82) is 0 Å². The molecule has 0 radical (unpaired) electrons. The summed E-state index contributed by atoms with van der Waals surface area (Å²) in [5.41, 5.74) is 0.279. The highest BCUT2D eigenvalue weighted by atomic mass is 35.5. The second kappa shape index (κ2) is 7.83. The SMILES string of the molecule is C/C=C1\C=C(C(=O)NS(=O)(=O)c2c(Cl)cccc2Cl)N=C1c1ncccc1F. The van der Waals surface area contributed by atoms with Crippen molar-refractivity contribution in [2.45, 2.75) is 11.8 Å². The molecule has 3 rings (SSSR count). The van der Waals surface area contributed by atoms with E-state index in [2.05, 4.69) is 9.98 Å². The average Bonchev–Trinajstić information content (AvgIpc) is 3.05. The molecule has 0 saturated carbocycles. The van der Waals surface area contributed by atoms with Gasteiger partial charge in [-0.2, -0.15) is 0 Å². The summed E-state index contributed by atoms with van der Waals surface area (Å²) in [5.74, 6) is -1.63. The molecule has 0 unspecified atom stereocenters. The van der Waals surface area contributed by atoms with Crippen molar-refractivity contribution in [2.24, 2.45) is 4.99 Å². The Labute approximate surface area is 170 Å². The first-order valence-corrected chi connectivity index (χ1v) is 10.1. The van der Waals surface area contributed by atoms with Gasteiger partial charge in [-0.25, -0.2) is 22.5 Å². The van der Waals surface area contributed by atoms with Gasteiger partial charge in [0.05, 0.1) is 15.8 Å². The topological polar surface area (TPSA) is 88.5 Å². The van der Waals surface area contributed by atoms with Crippen LogP contribution in [0.3, 0.4) is 0 Å². The molecule has 6 nitrogen and oxygen atoms in total. The first-order chi connectivity index (χ1) is 13.2. The fraction of sp³-hybridized carbons (Fsp3) is 0.0556. The zero-order valence-electron chi connectivity index (χ0n) is 14.3. The number of benzene rings is 1. The van der Waals surface area contributed by atoms with Gasteiger partial charge in [0.1, 0.15) is 16.3 Å². The average molecular weight is 440 g/mol. The van der Waals surface area contributed by atoms with Gasteiger partial charge in [0.15, 0.2) is 5.82 Å². The molecular formula is C18H12Cl2FN3O3S. The maximum atomic E-state index is 14.0. The molecule has 1 aromatic heterocycles. The standard InChI is InChI=1S/C18H12Cl2FN3O3S/c1-2-10-9-14(23-15(10)16-13(21)7-4-8-22-16)18(25)24-28(26,27)17-11(19)5-3-6-12(17)20/h2-9H,1H3,(H,24,25)/b10-2+. The first-order valence-electron chi connectivity index (χ1n) is 7.83. The highest BCUT2D eigenvalue weighted by Crippen LogP contribution is 2.29. The van der Waals surface area contributed by atoms with E-state index in [1.54, 1.807) is 13.0 Å². The Morgan fingerprint density at radius 2 is 1.86 bits per heavy atom. The summed E-state index contributed by atoms with van der Waals surface area (Å²) in [7, 11) is -4.36. The summed E-state index contributed by atoms with van der Waals surface area (Å²) in [6, 6.07) is 6.77. The molecule has 0 saturated heterocycles. The summed E-state index contributed by atoms with van der Waals surface area (Å²) in [6.07, 6.45) is 4.32.